The molecule has 5 nitrogen and oxygen atoms in total. The van der Waals surface area contributed by atoms with Crippen molar-refractivity contribution >= 4 is 17.5 Å². The number of benzene rings is 2. The Morgan fingerprint density at radius 2 is 1.79 bits per heavy atom. The maximum atomic E-state index is 13.1. The van der Waals surface area contributed by atoms with Crippen LogP contribution in [0.1, 0.15) is 40.6 Å². The molecule has 148 valence electrons. The van der Waals surface area contributed by atoms with E-state index in [1.807, 2.05) is 48.5 Å². The predicted octanol–water partition coefficient (Wildman–Crippen LogP) is 4.44. The van der Waals surface area contributed by atoms with Gasteiger partial charge in [0.2, 0.25) is 5.91 Å². The van der Waals surface area contributed by atoms with Crippen molar-refractivity contribution in [1.29, 1.82) is 0 Å². The average Bonchev–Trinajstić information content (AvgIpc) is 3.29. The molecule has 2 heterocycles. The molecular weight excluding hydrogens is 364 g/mol. The van der Waals surface area contributed by atoms with E-state index in [9.17, 15) is 9.59 Å². The zero-order valence-corrected chi connectivity index (χ0v) is 16.4. The van der Waals surface area contributed by atoms with Gasteiger partial charge < -0.3 is 14.6 Å². The molecule has 0 aliphatic carbocycles. The number of rotatable bonds is 5. The summed E-state index contributed by atoms with van der Waals surface area (Å²) in [5, 5.41) is 2.98. The Morgan fingerprint density at radius 3 is 2.48 bits per heavy atom. The molecule has 0 saturated heterocycles. The van der Waals surface area contributed by atoms with Gasteiger partial charge in [-0.2, -0.15) is 0 Å². The minimum Gasteiger partial charge on any atom is -0.459 e. The monoisotopic (exact) mass is 388 g/mol. The van der Waals surface area contributed by atoms with Crippen molar-refractivity contribution in [2.45, 2.75) is 38.8 Å². The third-order valence-corrected chi connectivity index (χ3v) is 5.30. The summed E-state index contributed by atoms with van der Waals surface area (Å²) in [5.41, 5.74) is 4.13. The lowest BCUT2D eigenvalue weighted by Crippen LogP contribution is -2.50. The van der Waals surface area contributed by atoms with E-state index in [-0.39, 0.29) is 17.6 Å². The summed E-state index contributed by atoms with van der Waals surface area (Å²) in [6.45, 7) is 2.52. The number of nitrogens with one attached hydrogen (secondary N) is 1. The Labute approximate surface area is 170 Å². The number of carbonyl (C=O) groups is 2. The molecule has 2 amide bonds. The van der Waals surface area contributed by atoms with Crippen LogP contribution in [0.25, 0.3) is 0 Å². The number of amides is 2. The summed E-state index contributed by atoms with van der Waals surface area (Å²) in [7, 11) is 0. The van der Waals surface area contributed by atoms with E-state index in [4.69, 9.17) is 4.42 Å². The molecule has 29 heavy (non-hydrogen) atoms. The van der Waals surface area contributed by atoms with Crippen molar-refractivity contribution in [3.8, 4) is 0 Å². The van der Waals surface area contributed by atoms with Crippen LogP contribution in [0.2, 0.25) is 0 Å². The van der Waals surface area contributed by atoms with Crippen molar-refractivity contribution in [2.24, 2.45) is 0 Å². The number of aryl methyl sites for hydroxylation is 1. The number of fused-ring (bicyclic) bond motifs is 1. The van der Waals surface area contributed by atoms with Crippen LogP contribution < -0.4 is 5.32 Å². The first-order chi connectivity index (χ1) is 14.2. The Bertz CT molecular complexity index is 993. The van der Waals surface area contributed by atoms with Crippen LogP contribution in [0.15, 0.2) is 71.3 Å². The maximum Gasteiger partial charge on any atom is 0.290 e. The zero-order valence-electron chi connectivity index (χ0n) is 16.4. The Balaban J connectivity index is 1.58. The smallest absolute Gasteiger partial charge is 0.290 e. The molecule has 1 unspecified atom stereocenters. The standard InChI is InChI=1S/C24H24N2O3/c1-2-6-17-10-12-20(13-11-17)25-23(27)21-15-18-7-3-4-8-19(18)16-26(21)24(28)22-9-5-14-29-22/h3-5,7-14,21H,2,6,15-16H2,1H3,(H,25,27). The van der Waals surface area contributed by atoms with Crippen LogP contribution in [0.4, 0.5) is 5.69 Å². The van der Waals surface area contributed by atoms with Crippen molar-refractivity contribution in [3.63, 3.8) is 0 Å². The molecule has 5 heteroatoms. The second-order valence-corrected chi connectivity index (χ2v) is 7.34. The fraction of sp³-hybridized carbons (Fsp3) is 0.250. The molecule has 3 aromatic rings. The molecule has 0 saturated carbocycles. The first-order valence-corrected chi connectivity index (χ1v) is 9.96. The Hall–Kier alpha value is -3.34. The van der Waals surface area contributed by atoms with E-state index in [1.54, 1.807) is 17.0 Å². The van der Waals surface area contributed by atoms with Gasteiger partial charge in [-0.05, 0) is 47.4 Å². The molecule has 0 radical (unpaired) electrons. The summed E-state index contributed by atoms with van der Waals surface area (Å²) >= 11 is 0. The van der Waals surface area contributed by atoms with Crippen LogP contribution in [-0.4, -0.2) is 22.8 Å². The minimum absolute atomic E-state index is 0.192. The Morgan fingerprint density at radius 1 is 1.03 bits per heavy atom. The highest BCUT2D eigenvalue weighted by Gasteiger charge is 2.36. The van der Waals surface area contributed by atoms with Crippen molar-refractivity contribution in [1.82, 2.24) is 4.90 Å². The predicted molar refractivity (Wildman–Crippen MR) is 112 cm³/mol. The molecular formula is C24H24N2O3. The van der Waals surface area contributed by atoms with Crippen molar-refractivity contribution in [3.05, 3.63) is 89.4 Å². The molecule has 1 atom stereocenters. The number of carbonyl (C=O) groups excluding carboxylic acids is 2. The summed E-state index contributed by atoms with van der Waals surface area (Å²) in [6, 6.07) is 18.5. The van der Waals surface area contributed by atoms with Gasteiger partial charge >= 0.3 is 0 Å². The largest absolute Gasteiger partial charge is 0.459 e. The van der Waals surface area contributed by atoms with Gasteiger partial charge in [-0.15, -0.1) is 0 Å². The second kappa shape index (κ2) is 8.35. The summed E-state index contributed by atoms with van der Waals surface area (Å²) < 4.78 is 5.30. The molecule has 0 spiro atoms. The van der Waals surface area contributed by atoms with E-state index in [0.29, 0.717) is 13.0 Å². The Kier molecular flexibility index (Phi) is 5.47. The van der Waals surface area contributed by atoms with E-state index in [2.05, 4.69) is 12.2 Å². The molecule has 2 aromatic carbocycles. The second-order valence-electron chi connectivity index (χ2n) is 7.34. The molecule has 1 aromatic heterocycles. The lowest BCUT2D eigenvalue weighted by molar-refractivity contribution is -0.121. The summed E-state index contributed by atoms with van der Waals surface area (Å²) in [5.74, 6) is -0.225. The zero-order chi connectivity index (χ0) is 20.2. The van der Waals surface area contributed by atoms with Gasteiger partial charge in [-0.25, -0.2) is 0 Å². The average molecular weight is 388 g/mol. The van der Waals surface area contributed by atoms with Crippen LogP contribution >= 0.6 is 0 Å². The highest BCUT2D eigenvalue weighted by Crippen LogP contribution is 2.26. The molecule has 1 aliphatic rings. The lowest BCUT2D eigenvalue weighted by atomic mass is 9.93. The third-order valence-electron chi connectivity index (χ3n) is 5.30. The van der Waals surface area contributed by atoms with Gasteiger partial charge in [0.25, 0.3) is 5.91 Å². The van der Waals surface area contributed by atoms with Gasteiger partial charge in [-0.1, -0.05) is 49.7 Å². The quantitative estimate of drug-likeness (QED) is 0.703. The third kappa shape index (κ3) is 4.09. The summed E-state index contributed by atoms with van der Waals surface area (Å²) in [6.07, 6.45) is 4.04. The van der Waals surface area contributed by atoms with Gasteiger partial charge in [0.15, 0.2) is 5.76 Å². The topological polar surface area (TPSA) is 62.6 Å². The van der Waals surface area contributed by atoms with Crippen LogP contribution in [0, 0.1) is 0 Å². The van der Waals surface area contributed by atoms with Gasteiger partial charge in [-0.3, -0.25) is 9.59 Å². The van der Waals surface area contributed by atoms with E-state index >= 15 is 0 Å². The van der Waals surface area contributed by atoms with Gasteiger partial charge in [0.1, 0.15) is 6.04 Å². The van der Waals surface area contributed by atoms with Crippen LogP contribution in [0.5, 0.6) is 0 Å². The summed E-state index contributed by atoms with van der Waals surface area (Å²) in [4.78, 5) is 27.7. The van der Waals surface area contributed by atoms with Gasteiger partial charge in [0.05, 0.1) is 6.26 Å². The van der Waals surface area contributed by atoms with Crippen LogP contribution in [-0.2, 0) is 24.2 Å². The number of hydrogen-bond acceptors (Lipinski definition) is 3. The number of furan rings is 1. The van der Waals surface area contributed by atoms with Gasteiger partial charge in [0, 0.05) is 18.7 Å². The fourth-order valence-electron chi connectivity index (χ4n) is 3.78. The van der Waals surface area contributed by atoms with Crippen LogP contribution in [0.3, 0.4) is 0 Å². The molecule has 0 fully saturated rings. The lowest BCUT2D eigenvalue weighted by Gasteiger charge is -2.35. The van der Waals surface area contributed by atoms with E-state index < -0.39 is 6.04 Å². The fourth-order valence-corrected chi connectivity index (χ4v) is 3.78. The van der Waals surface area contributed by atoms with Crippen molar-refractivity contribution in [2.75, 3.05) is 5.32 Å². The highest BCUT2D eigenvalue weighted by molar-refractivity contribution is 6.00. The minimum atomic E-state index is -0.599. The van der Waals surface area contributed by atoms with E-state index in [1.165, 1.54) is 11.8 Å². The first-order valence-electron chi connectivity index (χ1n) is 9.96. The normalized spacial score (nSPS) is 15.6. The first kappa shape index (κ1) is 19.0. The number of nitrogens with zero attached hydrogens (tertiary/aromatic N) is 1. The molecule has 1 N–H and O–H groups in total. The van der Waals surface area contributed by atoms with Crippen molar-refractivity contribution < 1.29 is 14.0 Å². The number of anilines is 1. The molecule has 0 bridgehead atoms. The molecule has 4 rings (SSSR count). The SMILES string of the molecule is CCCc1ccc(NC(=O)C2Cc3ccccc3CN2C(=O)c2ccco2)cc1. The van der Waals surface area contributed by atoms with E-state index in [0.717, 1.165) is 29.7 Å². The maximum absolute atomic E-state index is 13.1. The number of hydrogen-bond donors (Lipinski definition) is 1. The highest BCUT2D eigenvalue weighted by atomic mass is 16.3. The molecule has 1 aliphatic heterocycles.